The summed E-state index contributed by atoms with van der Waals surface area (Å²) in [5.74, 6) is 2.09. The molecule has 3 heterocycles. The van der Waals surface area contributed by atoms with Gasteiger partial charge >= 0.3 is 0 Å². The van der Waals surface area contributed by atoms with E-state index in [4.69, 9.17) is 25.9 Å². The molecule has 0 amide bonds. The van der Waals surface area contributed by atoms with E-state index in [1.54, 1.807) is 7.11 Å². The number of benzene rings is 1. The van der Waals surface area contributed by atoms with E-state index in [9.17, 15) is 0 Å². The van der Waals surface area contributed by atoms with Gasteiger partial charge in [-0.25, -0.2) is 5.01 Å². The summed E-state index contributed by atoms with van der Waals surface area (Å²) in [6, 6.07) is 4.45. The molecule has 0 aromatic heterocycles. The lowest BCUT2D eigenvalue weighted by Crippen LogP contribution is -2.52. The van der Waals surface area contributed by atoms with Crippen molar-refractivity contribution in [3.05, 3.63) is 84.3 Å². The van der Waals surface area contributed by atoms with Crippen molar-refractivity contribution < 1.29 is 14.3 Å². The van der Waals surface area contributed by atoms with Crippen LogP contribution in [-0.2, 0) is 16.0 Å². The van der Waals surface area contributed by atoms with Crippen LogP contribution >= 0.6 is 11.6 Å². The molecule has 7 nitrogen and oxygen atoms in total. The molecule has 0 N–H and O–H groups in total. The third-order valence-corrected chi connectivity index (χ3v) is 10.9. The van der Waals surface area contributed by atoms with Gasteiger partial charge in [-0.2, -0.15) is 0 Å². The molecule has 8 atom stereocenters. The molecule has 8 heteroatoms. The number of nitrogens with zero attached hydrogens (tertiary/aromatic N) is 4. The molecule has 3 fully saturated rings. The number of rotatable bonds is 16. The first-order chi connectivity index (χ1) is 21.2. The van der Waals surface area contributed by atoms with Gasteiger partial charge in [0.25, 0.3) is 0 Å². The first-order valence-electron chi connectivity index (χ1n) is 16.1. The highest BCUT2D eigenvalue weighted by molar-refractivity contribution is 6.34. The van der Waals surface area contributed by atoms with Crippen LogP contribution in [-0.4, -0.2) is 74.3 Å². The molecule has 1 spiro atoms. The van der Waals surface area contributed by atoms with Crippen LogP contribution in [0.25, 0.3) is 0 Å². The van der Waals surface area contributed by atoms with Crippen LogP contribution in [0.5, 0.6) is 5.75 Å². The van der Waals surface area contributed by atoms with Gasteiger partial charge in [-0.1, -0.05) is 67.4 Å². The highest BCUT2D eigenvalue weighted by Crippen LogP contribution is 2.62. The number of allylic oxidation sites excluding steroid dienone is 4. The van der Waals surface area contributed by atoms with E-state index < -0.39 is 0 Å². The molecule has 0 aliphatic carbocycles. The largest absolute Gasteiger partial charge is 0.495 e. The van der Waals surface area contributed by atoms with Gasteiger partial charge in [0.15, 0.2) is 5.66 Å². The van der Waals surface area contributed by atoms with Gasteiger partial charge in [0, 0.05) is 26.6 Å². The van der Waals surface area contributed by atoms with Crippen LogP contribution in [0.15, 0.2) is 73.7 Å². The maximum Gasteiger partial charge on any atom is 0.200 e. The topological polar surface area (TPSA) is 40.2 Å². The number of anilines is 1. The highest BCUT2D eigenvalue weighted by atomic mass is 35.5. The number of hydrogen-bond donors (Lipinski definition) is 0. The van der Waals surface area contributed by atoms with Gasteiger partial charge < -0.3 is 19.3 Å². The second-order valence-electron chi connectivity index (χ2n) is 13.9. The quantitative estimate of drug-likeness (QED) is 0.103. The Morgan fingerprint density at radius 2 is 1.96 bits per heavy atom. The summed E-state index contributed by atoms with van der Waals surface area (Å²) in [6.45, 7) is 21.7. The minimum absolute atomic E-state index is 0.0428. The molecule has 3 aliphatic rings. The Kier molecular flexibility index (Phi) is 10.9. The first-order valence-corrected chi connectivity index (χ1v) is 16.5. The van der Waals surface area contributed by atoms with Gasteiger partial charge in [-0.05, 0) is 94.3 Å². The second-order valence-corrected chi connectivity index (χ2v) is 14.3. The van der Waals surface area contributed by atoms with Gasteiger partial charge in [0.1, 0.15) is 23.0 Å². The van der Waals surface area contributed by atoms with E-state index in [2.05, 4.69) is 102 Å². The van der Waals surface area contributed by atoms with Crippen molar-refractivity contribution in [2.75, 3.05) is 40.2 Å². The maximum absolute atomic E-state index is 6.52. The SMILES string of the molecule is C=CCC[C@](C)(C[C@@H](C=C)N(C)C)C(C)[C@H](C)[C@@H]1CC23C(/C=C\C=C(/C)Cc4cc(OC)c(Cl)c(N(C)C)c4)ON2N3C(=C)O1. The Morgan fingerprint density at radius 1 is 1.24 bits per heavy atom. The first kappa shape index (κ1) is 35.1. The molecular weight excluding hydrogens is 584 g/mol. The summed E-state index contributed by atoms with van der Waals surface area (Å²) >= 11 is 6.52. The lowest BCUT2D eigenvalue weighted by Gasteiger charge is -2.45. The Balaban J connectivity index is 1.45. The van der Waals surface area contributed by atoms with Crippen molar-refractivity contribution >= 4 is 17.3 Å². The van der Waals surface area contributed by atoms with Crippen LogP contribution < -0.4 is 9.64 Å². The summed E-state index contributed by atoms with van der Waals surface area (Å²) in [5, 5.41) is 4.65. The zero-order chi connectivity index (χ0) is 33.3. The van der Waals surface area contributed by atoms with Crippen LogP contribution in [0.2, 0.25) is 5.02 Å². The average Bonchev–Trinajstić information content (AvgIpc) is 3.54. The molecular formula is C37H55ClN4O3. The molecule has 45 heavy (non-hydrogen) atoms. The molecule has 3 aliphatic heterocycles. The average molecular weight is 639 g/mol. The summed E-state index contributed by atoms with van der Waals surface area (Å²) < 4.78 is 12.0. The number of ether oxygens (including phenoxy) is 2. The summed E-state index contributed by atoms with van der Waals surface area (Å²) in [7, 11) is 9.89. The van der Waals surface area contributed by atoms with Crippen molar-refractivity contribution in [2.24, 2.45) is 17.3 Å². The molecule has 0 saturated carbocycles. The number of halogens is 1. The van der Waals surface area contributed by atoms with Gasteiger partial charge in [-0.3, -0.25) is 4.84 Å². The Hall–Kier alpha value is -2.71. The lowest BCUT2D eigenvalue weighted by atomic mass is 9.64. The van der Waals surface area contributed by atoms with E-state index in [1.165, 1.54) is 5.57 Å². The van der Waals surface area contributed by atoms with Crippen molar-refractivity contribution in [1.82, 2.24) is 15.1 Å². The minimum atomic E-state index is -0.221. The Morgan fingerprint density at radius 3 is 2.56 bits per heavy atom. The second kappa shape index (κ2) is 14.0. The molecule has 1 aromatic rings. The predicted octanol–water partition coefficient (Wildman–Crippen LogP) is 8.01. The minimum Gasteiger partial charge on any atom is -0.495 e. The molecule has 4 rings (SSSR count). The Labute approximate surface area is 277 Å². The summed E-state index contributed by atoms with van der Waals surface area (Å²) in [4.78, 5) is 10.4. The number of methoxy groups -OCH3 is 1. The van der Waals surface area contributed by atoms with Gasteiger partial charge in [0.05, 0.1) is 12.8 Å². The zero-order valence-electron chi connectivity index (χ0n) is 29.0. The number of hydroxylamine groups is 1. The lowest BCUT2D eigenvalue weighted by molar-refractivity contribution is -0.239. The number of likely N-dealkylation sites (N-methyl/N-ethyl adjacent to an activating group) is 1. The smallest absolute Gasteiger partial charge is 0.200 e. The third kappa shape index (κ3) is 6.87. The van der Waals surface area contributed by atoms with Crippen molar-refractivity contribution in [1.29, 1.82) is 0 Å². The summed E-state index contributed by atoms with van der Waals surface area (Å²) in [5.41, 5.74) is 3.20. The highest BCUT2D eigenvalue weighted by Gasteiger charge is 2.80. The van der Waals surface area contributed by atoms with E-state index in [-0.39, 0.29) is 23.3 Å². The van der Waals surface area contributed by atoms with E-state index in [0.29, 0.717) is 34.5 Å². The molecule has 1 aromatic carbocycles. The summed E-state index contributed by atoms with van der Waals surface area (Å²) in [6.07, 6.45) is 15.3. The molecule has 0 radical (unpaired) electrons. The van der Waals surface area contributed by atoms with Crippen LogP contribution in [0.3, 0.4) is 0 Å². The molecule has 248 valence electrons. The standard InChI is InChI=1S/C37H55ClN4O3/c1-13-15-19-36(7,23-30(14-2)39(8)9)27(5)26(4)33-24-37-34(45-42(37)41(37)28(6)44-33)18-16-17-25(3)20-29-21-31(40(10)11)35(38)32(22-29)43-12/h13-14,16-18,21-22,26-27,30,33-34H,1-2,6,15,19-20,23-24H2,3-5,7-12H3/b18-16-,25-17+/t26-,27?,30+,33-,34?,36+,37?,41?,42?/m0/s1. The normalized spacial score (nSPS) is 27.4. The van der Waals surface area contributed by atoms with Crippen LogP contribution in [0, 0.1) is 17.3 Å². The Bertz CT molecular complexity index is 1320. The fourth-order valence-electron chi connectivity index (χ4n) is 7.17. The zero-order valence-corrected chi connectivity index (χ0v) is 29.7. The molecule has 4 unspecified atom stereocenters. The van der Waals surface area contributed by atoms with Crippen LogP contribution in [0.1, 0.15) is 58.9 Å². The van der Waals surface area contributed by atoms with E-state index in [0.717, 1.165) is 43.4 Å². The van der Waals surface area contributed by atoms with Gasteiger partial charge in [-0.15, -0.1) is 13.2 Å². The van der Waals surface area contributed by atoms with E-state index in [1.807, 2.05) is 36.3 Å². The monoisotopic (exact) mass is 638 g/mol. The predicted molar refractivity (Wildman–Crippen MR) is 187 cm³/mol. The van der Waals surface area contributed by atoms with Crippen molar-refractivity contribution in [2.45, 2.75) is 83.7 Å². The fourth-order valence-corrected chi connectivity index (χ4v) is 7.53. The number of hydrogen-bond acceptors (Lipinski definition) is 7. The third-order valence-electron chi connectivity index (χ3n) is 10.5. The van der Waals surface area contributed by atoms with E-state index >= 15 is 0 Å². The van der Waals surface area contributed by atoms with Crippen molar-refractivity contribution in [3.63, 3.8) is 0 Å². The molecule has 3 saturated heterocycles. The maximum atomic E-state index is 6.52. The van der Waals surface area contributed by atoms with Crippen molar-refractivity contribution in [3.8, 4) is 5.75 Å². The fraction of sp³-hybridized carbons (Fsp3) is 0.568. The number of fused-ring (bicyclic) bond motifs is 1. The number of hydrazine groups is 1. The van der Waals surface area contributed by atoms with Crippen LogP contribution in [0.4, 0.5) is 5.69 Å². The van der Waals surface area contributed by atoms with Gasteiger partial charge in [0.2, 0.25) is 5.88 Å². The molecule has 0 bridgehead atoms.